The summed E-state index contributed by atoms with van der Waals surface area (Å²) in [6.45, 7) is 5.58. The third-order valence-electron chi connectivity index (χ3n) is 4.47. The van der Waals surface area contributed by atoms with Crippen molar-refractivity contribution >= 4 is 5.97 Å². The van der Waals surface area contributed by atoms with Crippen LogP contribution in [0.2, 0.25) is 0 Å². The molecule has 1 saturated heterocycles. The lowest BCUT2D eigenvalue weighted by atomic mass is 9.75. The van der Waals surface area contributed by atoms with Crippen LogP contribution in [0.15, 0.2) is 12.4 Å². The highest BCUT2D eigenvalue weighted by Gasteiger charge is 2.42. The molecular formula is C16H27N3O3. The quantitative estimate of drug-likeness (QED) is 0.716. The fourth-order valence-electron chi connectivity index (χ4n) is 3.09. The summed E-state index contributed by atoms with van der Waals surface area (Å²) in [5, 5.41) is 4.20. The minimum absolute atomic E-state index is 0.0620. The van der Waals surface area contributed by atoms with Gasteiger partial charge in [-0.3, -0.25) is 14.4 Å². The number of carbonyl (C=O) groups is 1. The van der Waals surface area contributed by atoms with Gasteiger partial charge in [-0.15, -0.1) is 0 Å². The summed E-state index contributed by atoms with van der Waals surface area (Å²) in [7, 11) is 3.60. The first-order chi connectivity index (χ1) is 10.6. The van der Waals surface area contributed by atoms with Gasteiger partial charge in [-0.05, 0) is 39.3 Å². The largest absolute Gasteiger partial charge is 0.466 e. The number of methoxy groups -OCH3 is 1. The Hall–Kier alpha value is -1.40. The highest BCUT2D eigenvalue weighted by Crippen LogP contribution is 2.37. The molecule has 0 atom stereocenters. The third kappa shape index (κ3) is 4.08. The Kier molecular flexibility index (Phi) is 5.97. The number of carbonyl (C=O) groups excluding carboxylic acids is 1. The van der Waals surface area contributed by atoms with Crippen LogP contribution in [0.3, 0.4) is 0 Å². The molecule has 6 nitrogen and oxygen atoms in total. The van der Waals surface area contributed by atoms with Crippen LogP contribution < -0.4 is 0 Å². The average molecular weight is 309 g/mol. The Balaban J connectivity index is 1.94. The van der Waals surface area contributed by atoms with Gasteiger partial charge in [-0.25, -0.2) is 0 Å². The van der Waals surface area contributed by atoms with E-state index in [1.54, 1.807) is 7.11 Å². The van der Waals surface area contributed by atoms with E-state index >= 15 is 0 Å². The first-order valence-electron chi connectivity index (χ1n) is 7.95. The molecule has 1 fully saturated rings. The van der Waals surface area contributed by atoms with E-state index in [-0.39, 0.29) is 11.4 Å². The van der Waals surface area contributed by atoms with E-state index in [1.165, 1.54) is 5.56 Å². The molecular weight excluding hydrogens is 282 g/mol. The van der Waals surface area contributed by atoms with E-state index in [1.807, 2.05) is 31.0 Å². The number of hydrogen-bond acceptors (Lipinski definition) is 5. The first kappa shape index (κ1) is 17.0. The van der Waals surface area contributed by atoms with Gasteiger partial charge in [-0.1, -0.05) is 0 Å². The standard InChI is InChI=1S/C16H27N3O3/c1-4-22-15(20)16(7-10-21-3)5-8-19(9-6-16)13-14-11-17-18(2)12-14/h11-12H,4-10,13H2,1-3H3. The number of rotatable bonds is 7. The molecule has 1 aliphatic rings. The van der Waals surface area contributed by atoms with Crippen molar-refractivity contribution < 1.29 is 14.3 Å². The van der Waals surface area contributed by atoms with Gasteiger partial charge in [-0.2, -0.15) is 5.10 Å². The predicted molar refractivity (Wildman–Crippen MR) is 83.3 cm³/mol. The van der Waals surface area contributed by atoms with Crippen LogP contribution in [0.5, 0.6) is 0 Å². The van der Waals surface area contributed by atoms with Gasteiger partial charge in [0.2, 0.25) is 0 Å². The Morgan fingerprint density at radius 1 is 1.41 bits per heavy atom. The van der Waals surface area contributed by atoms with Crippen molar-refractivity contribution in [2.45, 2.75) is 32.7 Å². The zero-order chi connectivity index (χ0) is 16.0. The number of esters is 1. The molecule has 124 valence electrons. The molecule has 0 bridgehead atoms. The Morgan fingerprint density at radius 3 is 2.68 bits per heavy atom. The molecule has 0 saturated carbocycles. The lowest BCUT2D eigenvalue weighted by Gasteiger charge is -2.39. The van der Waals surface area contributed by atoms with Gasteiger partial charge < -0.3 is 9.47 Å². The van der Waals surface area contributed by atoms with E-state index in [0.717, 1.165) is 38.9 Å². The maximum Gasteiger partial charge on any atom is 0.312 e. The summed E-state index contributed by atoms with van der Waals surface area (Å²) >= 11 is 0. The monoisotopic (exact) mass is 309 g/mol. The van der Waals surface area contributed by atoms with Gasteiger partial charge >= 0.3 is 5.97 Å². The summed E-state index contributed by atoms with van der Waals surface area (Å²) in [6, 6.07) is 0. The molecule has 0 radical (unpaired) electrons. The zero-order valence-electron chi connectivity index (χ0n) is 13.9. The van der Waals surface area contributed by atoms with Crippen LogP contribution in [-0.4, -0.2) is 54.1 Å². The topological polar surface area (TPSA) is 56.6 Å². The first-order valence-corrected chi connectivity index (χ1v) is 7.95. The molecule has 6 heteroatoms. The minimum Gasteiger partial charge on any atom is -0.466 e. The smallest absolute Gasteiger partial charge is 0.312 e. The van der Waals surface area contributed by atoms with Crippen molar-refractivity contribution in [1.29, 1.82) is 0 Å². The Morgan fingerprint density at radius 2 is 2.14 bits per heavy atom. The fourth-order valence-corrected chi connectivity index (χ4v) is 3.09. The van der Waals surface area contributed by atoms with Gasteiger partial charge in [0.15, 0.2) is 0 Å². The van der Waals surface area contributed by atoms with Crippen LogP contribution in [0, 0.1) is 5.41 Å². The fraction of sp³-hybridized carbons (Fsp3) is 0.750. The van der Waals surface area contributed by atoms with Crippen molar-refractivity contribution in [3.63, 3.8) is 0 Å². The van der Waals surface area contributed by atoms with E-state index in [2.05, 4.69) is 10.00 Å². The molecule has 0 spiro atoms. The highest BCUT2D eigenvalue weighted by molar-refractivity contribution is 5.77. The SMILES string of the molecule is CCOC(=O)C1(CCOC)CCN(Cc2cnn(C)c2)CC1. The number of likely N-dealkylation sites (tertiary alicyclic amines) is 1. The minimum atomic E-state index is -0.378. The molecule has 0 aromatic carbocycles. The summed E-state index contributed by atoms with van der Waals surface area (Å²) in [4.78, 5) is 14.8. The second kappa shape index (κ2) is 7.74. The van der Waals surface area contributed by atoms with E-state index in [4.69, 9.17) is 9.47 Å². The highest BCUT2D eigenvalue weighted by atomic mass is 16.5. The number of hydrogen-bond donors (Lipinski definition) is 0. The van der Waals surface area contributed by atoms with Crippen LogP contribution in [-0.2, 0) is 27.9 Å². The molecule has 2 heterocycles. The number of nitrogens with zero attached hydrogens (tertiary/aromatic N) is 3. The molecule has 0 aliphatic carbocycles. The predicted octanol–water partition coefficient (Wildman–Crippen LogP) is 1.60. The summed E-state index contributed by atoms with van der Waals surface area (Å²) in [5.41, 5.74) is 0.834. The zero-order valence-corrected chi connectivity index (χ0v) is 13.9. The van der Waals surface area contributed by atoms with Crippen molar-refractivity contribution in [1.82, 2.24) is 14.7 Å². The van der Waals surface area contributed by atoms with E-state index < -0.39 is 0 Å². The van der Waals surface area contributed by atoms with E-state index in [0.29, 0.717) is 13.2 Å². The Labute approximate surface area is 132 Å². The lowest BCUT2D eigenvalue weighted by Crippen LogP contribution is -2.45. The van der Waals surface area contributed by atoms with Crippen LogP contribution in [0.25, 0.3) is 0 Å². The maximum atomic E-state index is 12.4. The number of aryl methyl sites for hydroxylation is 1. The molecule has 1 aliphatic heterocycles. The van der Waals surface area contributed by atoms with Crippen LogP contribution >= 0.6 is 0 Å². The molecule has 0 unspecified atom stereocenters. The number of ether oxygens (including phenoxy) is 2. The molecule has 0 N–H and O–H groups in total. The second-order valence-corrected chi connectivity index (χ2v) is 6.04. The third-order valence-corrected chi connectivity index (χ3v) is 4.47. The number of aromatic nitrogens is 2. The van der Waals surface area contributed by atoms with Gasteiger partial charge in [0.1, 0.15) is 0 Å². The van der Waals surface area contributed by atoms with Crippen LogP contribution in [0.1, 0.15) is 31.7 Å². The molecule has 1 aromatic rings. The van der Waals surface area contributed by atoms with Crippen molar-refractivity contribution in [3.05, 3.63) is 18.0 Å². The van der Waals surface area contributed by atoms with Gasteiger partial charge in [0, 0.05) is 39.1 Å². The maximum absolute atomic E-state index is 12.4. The molecule has 0 amide bonds. The summed E-state index contributed by atoms with van der Waals surface area (Å²) < 4.78 is 12.3. The van der Waals surface area contributed by atoms with Gasteiger partial charge in [0.25, 0.3) is 0 Å². The molecule has 22 heavy (non-hydrogen) atoms. The summed E-state index contributed by atoms with van der Waals surface area (Å²) in [5.74, 6) is -0.0620. The van der Waals surface area contributed by atoms with Crippen molar-refractivity contribution in [2.24, 2.45) is 12.5 Å². The van der Waals surface area contributed by atoms with Crippen LogP contribution in [0.4, 0.5) is 0 Å². The summed E-state index contributed by atoms with van der Waals surface area (Å²) in [6.07, 6.45) is 6.34. The van der Waals surface area contributed by atoms with E-state index in [9.17, 15) is 4.79 Å². The molecule has 2 rings (SSSR count). The lowest BCUT2D eigenvalue weighted by molar-refractivity contribution is -0.160. The normalized spacial score (nSPS) is 18.3. The second-order valence-electron chi connectivity index (χ2n) is 6.04. The number of piperidine rings is 1. The average Bonchev–Trinajstić information content (AvgIpc) is 2.92. The van der Waals surface area contributed by atoms with Crippen molar-refractivity contribution in [2.75, 3.05) is 33.4 Å². The van der Waals surface area contributed by atoms with Gasteiger partial charge in [0.05, 0.1) is 18.2 Å². The molecule has 1 aromatic heterocycles. The van der Waals surface area contributed by atoms with Crippen molar-refractivity contribution in [3.8, 4) is 0 Å². The Bertz CT molecular complexity index is 479.